The van der Waals surface area contributed by atoms with Crippen LogP contribution < -0.4 is 11.1 Å². The lowest BCUT2D eigenvalue weighted by atomic mass is 10.2. The molecular weight excluding hydrogens is 312 g/mol. The molecule has 0 bridgehead atoms. The lowest BCUT2D eigenvalue weighted by Gasteiger charge is -2.08. The molecule has 0 aliphatic heterocycles. The second kappa shape index (κ2) is 6.60. The Hall–Kier alpha value is -2.05. The third kappa shape index (κ3) is 4.21. The molecule has 0 aliphatic rings. The molecule has 0 fully saturated rings. The molecule has 2 aromatic rings. The molecule has 1 aromatic heterocycles. The molecule has 1 amide bonds. The topological polar surface area (TPSA) is 92.4 Å². The van der Waals surface area contributed by atoms with Crippen molar-refractivity contribution in [1.82, 2.24) is 0 Å². The van der Waals surface area contributed by atoms with Crippen LogP contribution in [0.4, 0.5) is 5.69 Å². The Balaban J connectivity index is 2.05. The summed E-state index contributed by atoms with van der Waals surface area (Å²) in [4.78, 5) is 23.5. The SMILES string of the molecule is NC(=O)c1ccc(Cl)c(NCc2ccc(CC(=O)O)s2)c1. The minimum atomic E-state index is -0.853. The highest BCUT2D eigenvalue weighted by Crippen LogP contribution is 2.25. The van der Waals surface area contributed by atoms with Gasteiger partial charge in [0.2, 0.25) is 5.91 Å². The van der Waals surface area contributed by atoms with E-state index in [1.54, 1.807) is 24.3 Å². The van der Waals surface area contributed by atoms with Gasteiger partial charge in [0.15, 0.2) is 0 Å². The number of carbonyl (C=O) groups is 2. The lowest BCUT2D eigenvalue weighted by molar-refractivity contribution is -0.136. The summed E-state index contributed by atoms with van der Waals surface area (Å²) in [7, 11) is 0. The average molecular weight is 325 g/mol. The summed E-state index contributed by atoms with van der Waals surface area (Å²) in [5.74, 6) is -1.37. The fourth-order valence-electron chi connectivity index (χ4n) is 1.76. The van der Waals surface area contributed by atoms with E-state index in [1.165, 1.54) is 11.3 Å². The smallest absolute Gasteiger partial charge is 0.308 e. The van der Waals surface area contributed by atoms with Crippen molar-refractivity contribution in [2.45, 2.75) is 13.0 Å². The maximum absolute atomic E-state index is 11.1. The molecular formula is C14H13ClN2O3S. The molecule has 0 unspecified atom stereocenters. The number of nitrogens with two attached hydrogens (primary N) is 1. The maximum Gasteiger partial charge on any atom is 0.308 e. The molecule has 1 aromatic carbocycles. The normalized spacial score (nSPS) is 10.3. The summed E-state index contributed by atoms with van der Waals surface area (Å²) in [6.45, 7) is 0.492. The predicted octanol–water partition coefficient (Wildman–Crippen LogP) is 2.74. The molecule has 110 valence electrons. The molecule has 0 aliphatic carbocycles. The Bertz CT molecular complexity index is 685. The van der Waals surface area contributed by atoms with Crippen LogP contribution in [0.2, 0.25) is 5.02 Å². The van der Waals surface area contributed by atoms with Crippen molar-refractivity contribution in [1.29, 1.82) is 0 Å². The summed E-state index contributed by atoms with van der Waals surface area (Å²) in [6.07, 6.45) is 0.0165. The van der Waals surface area contributed by atoms with Gasteiger partial charge in [0.1, 0.15) is 0 Å². The van der Waals surface area contributed by atoms with Crippen LogP contribution in [0.25, 0.3) is 0 Å². The number of halogens is 1. The molecule has 0 atom stereocenters. The second-order valence-electron chi connectivity index (χ2n) is 4.35. The molecule has 7 heteroatoms. The van der Waals surface area contributed by atoms with E-state index in [0.29, 0.717) is 22.8 Å². The third-order valence-electron chi connectivity index (χ3n) is 2.75. The zero-order chi connectivity index (χ0) is 15.4. The highest BCUT2D eigenvalue weighted by Gasteiger charge is 2.08. The zero-order valence-electron chi connectivity index (χ0n) is 10.9. The lowest BCUT2D eigenvalue weighted by Crippen LogP contribution is -2.11. The van der Waals surface area contributed by atoms with E-state index in [0.717, 1.165) is 9.75 Å². The molecule has 4 N–H and O–H groups in total. The number of primary amides is 1. The average Bonchev–Trinajstić information content (AvgIpc) is 2.84. The van der Waals surface area contributed by atoms with Crippen LogP contribution in [-0.2, 0) is 17.8 Å². The minimum Gasteiger partial charge on any atom is -0.481 e. The molecule has 5 nitrogen and oxygen atoms in total. The van der Waals surface area contributed by atoms with Gasteiger partial charge in [-0.25, -0.2) is 0 Å². The quantitative estimate of drug-likeness (QED) is 0.761. The van der Waals surface area contributed by atoms with Gasteiger partial charge < -0.3 is 16.2 Å². The van der Waals surface area contributed by atoms with Crippen molar-refractivity contribution >= 4 is 40.5 Å². The van der Waals surface area contributed by atoms with Gasteiger partial charge in [0.25, 0.3) is 0 Å². The predicted molar refractivity (Wildman–Crippen MR) is 83.0 cm³/mol. The van der Waals surface area contributed by atoms with Crippen LogP contribution in [0.3, 0.4) is 0 Å². The van der Waals surface area contributed by atoms with Crippen molar-refractivity contribution in [2.75, 3.05) is 5.32 Å². The van der Waals surface area contributed by atoms with Gasteiger partial charge in [-0.05, 0) is 30.3 Å². The van der Waals surface area contributed by atoms with Gasteiger partial charge in [0, 0.05) is 21.9 Å². The maximum atomic E-state index is 11.1. The fraction of sp³-hybridized carbons (Fsp3) is 0.143. The van der Waals surface area contributed by atoms with Crippen molar-refractivity contribution in [3.8, 4) is 0 Å². The highest BCUT2D eigenvalue weighted by molar-refractivity contribution is 7.12. The molecule has 0 saturated carbocycles. The van der Waals surface area contributed by atoms with E-state index >= 15 is 0 Å². The van der Waals surface area contributed by atoms with Crippen LogP contribution >= 0.6 is 22.9 Å². The van der Waals surface area contributed by atoms with Crippen molar-refractivity contribution < 1.29 is 14.7 Å². The Morgan fingerprint density at radius 3 is 2.62 bits per heavy atom. The molecule has 1 heterocycles. The largest absolute Gasteiger partial charge is 0.481 e. The van der Waals surface area contributed by atoms with Gasteiger partial charge in [0.05, 0.1) is 17.1 Å². The molecule has 21 heavy (non-hydrogen) atoms. The number of hydrogen-bond acceptors (Lipinski definition) is 4. The molecule has 2 rings (SSSR count). The van der Waals surface area contributed by atoms with Crippen LogP contribution in [0, 0.1) is 0 Å². The third-order valence-corrected chi connectivity index (χ3v) is 4.16. The molecule has 0 saturated heterocycles. The number of anilines is 1. The standard InChI is InChI=1S/C14H13ClN2O3S/c15-11-4-1-8(14(16)20)5-12(11)17-7-10-3-2-9(21-10)6-13(18)19/h1-5,17H,6-7H2,(H2,16,20)(H,18,19). The first kappa shape index (κ1) is 15.3. The van der Waals surface area contributed by atoms with Crippen LogP contribution in [0.1, 0.15) is 20.1 Å². The van der Waals surface area contributed by atoms with Crippen LogP contribution in [0.5, 0.6) is 0 Å². The van der Waals surface area contributed by atoms with E-state index in [4.69, 9.17) is 22.4 Å². The van der Waals surface area contributed by atoms with Crippen LogP contribution in [0.15, 0.2) is 30.3 Å². The fourth-order valence-corrected chi connectivity index (χ4v) is 2.89. The first-order valence-electron chi connectivity index (χ1n) is 6.08. The molecule has 0 spiro atoms. The number of carboxylic acid groups (broad SMARTS) is 1. The van der Waals surface area contributed by atoms with Gasteiger partial charge >= 0.3 is 5.97 Å². The number of rotatable bonds is 6. The van der Waals surface area contributed by atoms with E-state index in [2.05, 4.69) is 5.32 Å². The molecule has 0 radical (unpaired) electrons. The zero-order valence-corrected chi connectivity index (χ0v) is 12.5. The number of benzene rings is 1. The Labute approximate surface area is 130 Å². The number of aliphatic carboxylic acids is 1. The number of hydrogen-bond donors (Lipinski definition) is 3. The van der Waals surface area contributed by atoms with Crippen molar-refractivity contribution in [3.63, 3.8) is 0 Å². The Morgan fingerprint density at radius 1 is 1.24 bits per heavy atom. The van der Waals surface area contributed by atoms with E-state index in [1.807, 2.05) is 6.07 Å². The summed E-state index contributed by atoms with van der Waals surface area (Å²) in [5.41, 5.74) is 6.21. The van der Waals surface area contributed by atoms with Gasteiger partial charge in [-0.2, -0.15) is 0 Å². The minimum absolute atomic E-state index is 0.0165. The Morgan fingerprint density at radius 2 is 1.95 bits per heavy atom. The van der Waals surface area contributed by atoms with Crippen LogP contribution in [-0.4, -0.2) is 17.0 Å². The highest BCUT2D eigenvalue weighted by atomic mass is 35.5. The Kier molecular flexibility index (Phi) is 4.82. The number of carbonyl (C=O) groups excluding carboxylic acids is 1. The number of nitrogens with one attached hydrogen (secondary N) is 1. The number of amides is 1. The second-order valence-corrected chi connectivity index (χ2v) is 6.01. The van der Waals surface area contributed by atoms with E-state index < -0.39 is 11.9 Å². The van der Waals surface area contributed by atoms with E-state index in [-0.39, 0.29) is 6.42 Å². The van der Waals surface area contributed by atoms with Crippen molar-refractivity contribution in [2.24, 2.45) is 5.73 Å². The van der Waals surface area contributed by atoms with Gasteiger partial charge in [-0.3, -0.25) is 9.59 Å². The van der Waals surface area contributed by atoms with Gasteiger partial charge in [-0.15, -0.1) is 11.3 Å². The van der Waals surface area contributed by atoms with Crippen molar-refractivity contribution in [3.05, 3.63) is 50.7 Å². The monoisotopic (exact) mass is 324 g/mol. The van der Waals surface area contributed by atoms with Gasteiger partial charge in [-0.1, -0.05) is 11.6 Å². The summed E-state index contributed by atoms with van der Waals surface area (Å²) >= 11 is 7.47. The van der Waals surface area contributed by atoms with E-state index in [9.17, 15) is 9.59 Å². The number of thiophene rings is 1. The summed E-state index contributed by atoms with van der Waals surface area (Å²) in [6, 6.07) is 8.41. The first-order chi connectivity index (χ1) is 9.95. The summed E-state index contributed by atoms with van der Waals surface area (Å²) < 4.78 is 0. The number of carboxylic acids is 1. The summed E-state index contributed by atoms with van der Waals surface area (Å²) in [5, 5.41) is 12.3. The first-order valence-corrected chi connectivity index (χ1v) is 7.28.